The van der Waals surface area contributed by atoms with Crippen LogP contribution in [0.1, 0.15) is 11.7 Å². The zero-order valence-electron chi connectivity index (χ0n) is 9.68. The number of hydrogen-bond acceptors (Lipinski definition) is 7. The average molecular weight is 284 g/mol. The summed E-state index contributed by atoms with van der Waals surface area (Å²) in [6.07, 6.45) is 3.48. The summed E-state index contributed by atoms with van der Waals surface area (Å²) in [6.45, 7) is 0. The van der Waals surface area contributed by atoms with Gasteiger partial charge in [-0.15, -0.1) is 0 Å². The minimum absolute atomic E-state index is 0.0565. The molecule has 0 aliphatic rings. The molecule has 0 atom stereocenters. The molecule has 0 aliphatic heterocycles. The number of nitrogens with zero attached hydrogens (tertiary/aromatic N) is 4. The van der Waals surface area contributed by atoms with Gasteiger partial charge in [0.05, 0.1) is 19.7 Å². The monoisotopic (exact) mass is 284 g/mol. The van der Waals surface area contributed by atoms with Crippen molar-refractivity contribution in [1.29, 1.82) is 0 Å². The van der Waals surface area contributed by atoms with Gasteiger partial charge in [-0.3, -0.25) is 0 Å². The summed E-state index contributed by atoms with van der Waals surface area (Å²) in [7, 11) is -1.12. The Morgan fingerprint density at radius 2 is 2.26 bits per heavy atom. The van der Waals surface area contributed by atoms with Crippen molar-refractivity contribution >= 4 is 21.0 Å². The zero-order chi connectivity index (χ0) is 14.0. The van der Waals surface area contributed by atoms with Crippen molar-refractivity contribution in [2.24, 2.45) is 7.05 Å². The first-order chi connectivity index (χ1) is 9.00. The van der Waals surface area contributed by atoms with Crippen LogP contribution in [0.4, 0.5) is 5.82 Å². The van der Waals surface area contributed by atoms with Crippen molar-refractivity contribution in [2.75, 3.05) is 0 Å². The normalized spacial score (nSPS) is 10.4. The highest BCUT2D eigenvalue weighted by Gasteiger charge is 2.21. The molecule has 100 valence electrons. The van der Waals surface area contributed by atoms with Crippen LogP contribution in [-0.4, -0.2) is 32.7 Å². The van der Waals surface area contributed by atoms with Crippen LogP contribution in [0.2, 0.25) is 0 Å². The first kappa shape index (κ1) is 13.0. The van der Waals surface area contributed by atoms with Gasteiger partial charge in [-0.1, -0.05) is 0 Å². The van der Waals surface area contributed by atoms with E-state index in [1.807, 2.05) is 0 Å². The molecule has 10 heteroatoms. The zero-order valence-corrected chi connectivity index (χ0v) is 10.5. The number of nitro groups is 1. The number of hydrogen-bond donors (Lipinski definition) is 0. The van der Waals surface area contributed by atoms with Gasteiger partial charge in [0.2, 0.25) is 22.0 Å². The van der Waals surface area contributed by atoms with Crippen LogP contribution in [0.15, 0.2) is 23.1 Å². The standard InChI is InChI=1S/C9H8N4O5S/c1-12-7(11-5-8(12)13(14)15)4-6(19(16)17)9-10-2-3-18-9/h2-3,5H,4H2,1H3. The van der Waals surface area contributed by atoms with Crippen LogP contribution < -0.4 is 0 Å². The van der Waals surface area contributed by atoms with E-state index in [1.165, 1.54) is 24.1 Å². The summed E-state index contributed by atoms with van der Waals surface area (Å²) >= 11 is 0. The molecular formula is C9H8N4O5S. The molecule has 0 fully saturated rings. The minimum atomic E-state index is -2.56. The van der Waals surface area contributed by atoms with Gasteiger partial charge in [-0.05, 0) is 4.92 Å². The van der Waals surface area contributed by atoms with E-state index in [0.29, 0.717) is 0 Å². The summed E-state index contributed by atoms with van der Waals surface area (Å²) in [4.78, 5) is 17.5. The van der Waals surface area contributed by atoms with Crippen LogP contribution in [0.25, 0.3) is 0 Å². The minimum Gasteiger partial charge on any atom is -0.444 e. The number of oxazole rings is 1. The quantitative estimate of drug-likeness (QED) is 0.334. The SMILES string of the molecule is Cn1c([N+](=O)[O-])cnc1CC(c1ncco1)=S(=O)=O. The highest BCUT2D eigenvalue weighted by Crippen LogP contribution is 2.13. The van der Waals surface area contributed by atoms with Crippen LogP contribution in [0.3, 0.4) is 0 Å². The maximum Gasteiger partial charge on any atom is 0.342 e. The molecule has 0 amide bonds. The van der Waals surface area contributed by atoms with Gasteiger partial charge in [0.1, 0.15) is 17.3 Å². The fourth-order valence-corrected chi connectivity index (χ4v) is 1.97. The molecule has 2 rings (SSSR count). The Morgan fingerprint density at radius 1 is 1.53 bits per heavy atom. The molecule has 19 heavy (non-hydrogen) atoms. The summed E-state index contributed by atoms with van der Waals surface area (Å²) in [6, 6.07) is 0. The Balaban J connectivity index is 2.40. The molecular weight excluding hydrogens is 276 g/mol. The lowest BCUT2D eigenvalue weighted by atomic mass is 10.3. The molecule has 0 aromatic carbocycles. The molecule has 0 radical (unpaired) electrons. The lowest BCUT2D eigenvalue weighted by Gasteiger charge is -1.98. The van der Waals surface area contributed by atoms with Crippen LogP contribution >= 0.6 is 0 Å². The molecule has 2 heterocycles. The highest BCUT2D eigenvalue weighted by atomic mass is 32.2. The Kier molecular flexibility index (Phi) is 3.42. The van der Waals surface area contributed by atoms with Gasteiger partial charge in [0, 0.05) is 0 Å². The van der Waals surface area contributed by atoms with E-state index >= 15 is 0 Å². The van der Waals surface area contributed by atoms with Crippen molar-refractivity contribution in [3.63, 3.8) is 0 Å². The van der Waals surface area contributed by atoms with Gasteiger partial charge in [0.25, 0.3) is 0 Å². The molecule has 0 saturated heterocycles. The predicted molar refractivity (Wildman–Crippen MR) is 63.1 cm³/mol. The van der Waals surface area contributed by atoms with E-state index < -0.39 is 15.2 Å². The van der Waals surface area contributed by atoms with Gasteiger partial charge in [0.15, 0.2) is 0 Å². The first-order valence-electron chi connectivity index (χ1n) is 5.00. The molecule has 2 aromatic rings. The van der Waals surface area contributed by atoms with E-state index in [1.54, 1.807) is 0 Å². The van der Waals surface area contributed by atoms with Crippen LogP contribution in [0, 0.1) is 10.1 Å². The third-order valence-corrected chi connectivity index (χ3v) is 3.16. The smallest absolute Gasteiger partial charge is 0.342 e. The summed E-state index contributed by atoms with van der Waals surface area (Å²) < 4.78 is 28.4. The van der Waals surface area contributed by atoms with E-state index in [4.69, 9.17) is 4.42 Å². The lowest BCUT2D eigenvalue weighted by Crippen LogP contribution is -2.12. The van der Waals surface area contributed by atoms with E-state index in [0.717, 1.165) is 6.20 Å². The van der Waals surface area contributed by atoms with Crippen LogP contribution in [0.5, 0.6) is 0 Å². The Bertz CT molecular complexity index is 736. The molecule has 0 aliphatic carbocycles. The topological polar surface area (TPSA) is 121 Å². The first-order valence-corrected chi connectivity index (χ1v) is 6.08. The Hall–Kier alpha value is -2.49. The third-order valence-electron chi connectivity index (χ3n) is 2.44. The third kappa shape index (κ3) is 2.52. The second-order valence-corrected chi connectivity index (χ2v) is 4.48. The van der Waals surface area contributed by atoms with E-state index in [9.17, 15) is 18.5 Å². The van der Waals surface area contributed by atoms with Crippen LogP contribution in [-0.2, 0) is 23.8 Å². The molecule has 0 spiro atoms. The van der Waals surface area contributed by atoms with Gasteiger partial charge in [-0.25, -0.2) is 14.5 Å². The average Bonchev–Trinajstić information content (AvgIpc) is 2.95. The van der Waals surface area contributed by atoms with Crippen molar-refractivity contribution < 1.29 is 17.8 Å². The predicted octanol–water partition coefficient (Wildman–Crippen LogP) is -0.0414. The Morgan fingerprint density at radius 3 is 2.74 bits per heavy atom. The van der Waals surface area contributed by atoms with Crippen molar-refractivity contribution in [2.45, 2.75) is 6.42 Å². The number of imidazole rings is 1. The number of rotatable bonds is 4. The summed E-state index contributed by atoms with van der Waals surface area (Å²) in [5, 5.41) is 10.7. The van der Waals surface area contributed by atoms with Crippen molar-refractivity contribution in [3.05, 3.63) is 40.5 Å². The Labute approximate surface area is 108 Å². The van der Waals surface area contributed by atoms with E-state index in [2.05, 4.69) is 9.97 Å². The molecule has 0 N–H and O–H groups in total. The molecule has 0 bridgehead atoms. The number of aromatic nitrogens is 3. The molecule has 0 saturated carbocycles. The maximum absolute atomic E-state index is 11.1. The van der Waals surface area contributed by atoms with Gasteiger partial charge < -0.3 is 14.5 Å². The highest BCUT2D eigenvalue weighted by molar-refractivity contribution is 7.73. The maximum atomic E-state index is 11.1. The fourth-order valence-electron chi connectivity index (χ4n) is 1.48. The molecule has 9 nitrogen and oxygen atoms in total. The lowest BCUT2D eigenvalue weighted by molar-refractivity contribution is -0.391. The molecule has 0 unspecified atom stereocenters. The van der Waals surface area contributed by atoms with Crippen molar-refractivity contribution in [1.82, 2.24) is 14.5 Å². The largest absolute Gasteiger partial charge is 0.444 e. The second kappa shape index (κ2) is 5.02. The molecule has 2 aromatic heterocycles. The summed E-state index contributed by atoms with van der Waals surface area (Å²) in [5.41, 5.74) is 0. The fraction of sp³-hybridized carbons (Fsp3) is 0.222. The van der Waals surface area contributed by atoms with Gasteiger partial charge >= 0.3 is 5.82 Å². The van der Waals surface area contributed by atoms with E-state index in [-0.39, 0.29) is 28.8 Å². The second-order valence-electron chi connectivity index (χ2n) is 3.52. The summed E-state index contributed by atoms with van der Waals surface area (Å²) in [5.74, 6) is -0.0541. The van der Waals surface area contributed by atoms with Crippen molar-refractivity contribution in [3.8, 4) is 0 Å². The van der Waals surface area contributed by atoms with Gasteiger partial charge in [-0.2, -0.15) is 8.42 Å².